The number of benzene rings is 2. The summed E-state index contributed by atoms with van der Waals surface area (Å²) in [5.41, 5.74) is 1.09. The lowest BCUT2D eigenvalue weighted by Crippen LogP contribution is -2.48. The number of carbonyl (C=O) groups is 1. The van der Waals surface area contributed by atoms with E-state index in [9.17, 15) is 14.9 Å². The van der Waals surface area contributed by atoms with Crippen LogP contribution >= 0.6 is 11.6 Å². The molecule has 0 unspecified atom stereocenters. The van der Waals surface area contributed by atoms with Crippen LogP contribution in [0.25, 0.3) is 0 Å². The Morgan fingerprint density at radius 3 is 2.07 bits per heavy atom. The number of non-ortho nitro benzene ring substituents is 1. The number of anilines is 1. The van der Waals surface area contributed by atoms with Crippen LogP contribution in [0.5, 0.6) is 17.2 Å². The van der Waals surface area contributed by atoms with Crippen LogP contribution in [0.2, 0.25) is 5.02 Å². The standard InChI is InChI=1S/C20H22ClN3O6/c1-28-17-10-13(11-18(29-2)19(17)30-3)20(25)23-8-6-22(7-9-23)16-5-4-14(24(26)27)12-15(16)21/h4-5,10-12H,6-9H2,1-3H3. The summed E-state index contributed by atoms with van der Waals surface area (Å²) in [5, 5.41) is 11.2. The summed E-state index contributed by atoms with van der Waals surface area (Å²) in [4.78, 5) is 27.2. The van der Waals surface area contributed by atoms with Crippen molar-refractivity contribution in [2.45, 2.75) is 0 Å². The zero-order chi connectivity index (χ0) is 21.8. The van der Waals surface area contributed by atoms with Gasteiger partial charge >= 0.3 is 0 Å². The number of rotatable bonds is 6. The maximum atomic E-state index is 13.0. The third-order valence-electron chi connectivity index (χ3n) is 4.96. The van der Waals surface area contributed by atoms with E-state index in [4.69, 9.17) is 25.8 Å². The van der Waals surface area contributed by atoms with Gasteiger partial charge in [0, 0.05) is 43.9 Å². The van der Waals surface area contributed by atoms with Crippen molar-refractivity contribution in [3.8, 4) is 17.2 Å². The van der Waals surface area contributed by atoms with Gasteiger partial charge in [-0.1, -0.05) is 11.6 Å². The number of hydrogen-bond donors (Lipinski definition) is 0. The van der Waals surface area contributed by atoms with Crippen molar-refractivity contribution in [2.24, 2.45) is 0 Å². The number of carbonyl (C=O) groups excluding carboxylic acids is 1. The first-order valence-corrected chi connectivity index (χ1v) is 9.55. The zero-order valence-electron chi connectivity index (χ0n) is 16.9. The molecule has 30 heavy (non-hydrogen) atoms. The fraction of sp³-hybridized carbons (Fsp3) is 0.350. The number of piperazine rings is 1. The second-order valence-electron chi connectivity index (χ2n) is 6.59. The van der Waals surface area contributed by atoms with Crippen LogP contribution in [0, 0.1) is 10.1 Å². The van der Waals surface area contributed by atoms with Crippen LogP contribution in [-0.2, 0) is 0 Å². The van der Waals surface area contributed by atoms with Crippen molar-refractivity contribution in [2.75, 3.05) is 52.4 Å². The molecule has 0 radical (unpaired) electrons. The van der Waals surface area contributed by atoms with E-state index in [0.717, 1.165) is 0 Å². The maximum absolute atomic E-state index is 13.0. The SMILES string of the molecule is COc1cc(C(=O)N2CCN(c3ccc([N+](=O)[O-])cc3Cl)CC2)cc(OC)c1OC. The monoisotopic (exact) mass is 435 g/mol. The number of halogens is 1. The minimum atomic E-state index is -0.482. The Kier molecular flexibility index (Phi) is 6.51. The molecule has 0 spiro atoms. The van der Waals surface area contributed by atoms with Gasteiger partial charge in [-0.25, -0.2) is 0 Å². The Morgan fingerprint density at radius 2 is 1.60 bits per heavy atom. The number of nitrogens with zero attached hydrogens (tertiary/aromatic N) is 3. The summed E-state index contributed by atoms with van der Waals surface area (Å²) in [6, 6.07) is 7.66. The molecule has 1 aliphatic rings. The van der Waals surface area contributed by atoms with Gasteiger partial charge in [0.15, 0.2) is 11.5 Å². The van der Waals surface area contributed by atoms with Crippen molar-refractivity contribution in [3.63, 3.8) is 0 Å². The van der Waals surface area contributed by atoms with E-state index in [1.165, 1.54) is 33.5 Å². The summed E-state index contributed by atoms with van der Waals surface area (Å²) in [7, 11) is 4.50. The van der Waals surface area contributed by atoms with Crippen molar-refractivity contribution < 1.29 is 23.9 Å². The van der Waals surface area contributed by atoms with Gasteiger partial charge in [-0.2, -0.15) is 0 Å². The largest absolute Gasteiger partial charge is 0.493 e. The molecule has 2 aromatic carbocycles. The third-order valence-corrected chi connectivity index (χ3v) is 5.26. The van der Waals surface area contributed by atoms with E-state index in [1.54, 1.807) is 23.1 Å². The van der Waals surface area contributed by atoms with Gasteiger partial charge in [-0.3, -0.25) is 14.9 Å². The highest BCUT2D eigenvalue weighted by molar-refractivity contribution is 6.33. The fourth-order valence-corrected chi connectivity index (χ4v) is 3.70. The van der Waals surface area contributed by atoms with Gasteiger partial charge in [0.1, 0.15) is 0 Å². The minimum absolute atomic E-state index is 0.0556. The first kappa shape index (κ1) is 21.5. The molecular weight excluding hydrogens is 414 g/mol. The molecule has 10 heteroatoms. The van der Waals surface area contributed by atoms with Crippen LogP contribution in [0.3, 0.4) is 0 Å². The zero-order valence-corrected chi connectivity index (χ0v) is 17.6. The number of methoxy groups -OCH3 is 3. The van der Waals surface area contributed by atoms with Crippen LogP contribution < -0.4 is 19.1 Å². The number of amides is 1. The normalized spacial score (nSPS) is 13.7. The highest BCUT2D eigenvalue weighted by Gasteiger charge is 2.26. The average molecular weight is 436 g/mol. The van der Waals surface area contributed by atoms with E-state index in [-0.39, 0.29) is 11.6 Å². The van der Waals surface area contributed by atoms with Gasteiger partial charge in [-0.05, 0) is 18.2 Å². The van der Waals surface area contributed by atoms with E-state index < -0.39 is 4.92 Å². The van der Waals surface area contributed by atoms with E-state index in [0.29, 0.717) is 59.7 Å². The molecule has 0 bridgehead atoms. The molecule has 0 aliphatic carbocycles. The van der Waals surface area contributed by atoms with E-state index in [1.807, 2.05) is 4.90 Å². The van der Waals surface area contributed by atoms with Crippen molar-refractivity contribution in [1.82, 2.24) is 4.90 Å². The Morgan fingerprint density at radius 1 is 1.00 bits per heavy atom. The summed E-state index contributed by atoms with van der Waals surface area (Å²) in [6.07, 6.45) is 0. The maximum Gasteiger partial charge on any atom is 0.271 e. The molecule has 1 aliphatic heterocycles. The van der Waals surface area contributed by atoms with Gasteiger partial charge < -0.3 is 24.0 Å². The lowest BCUT2D eigenvalue weighted by molar-refractivity contribution is -0.384. The third kappa shape index (κ3) is 4.20. The highest BCUT2D eigenvalue weighted by atomic mass is 35.5. The smallest absolute Gasteiger partial charge is 0.271 e. The minimum Gasteiger partial charge on any atom is -0.493 e. The van der Waals surface area contributed by atoms with E-state index in [2.05, 4.69) is 0 Å². The molecule has 1 fully saturated rings. The quantitative estimate of drug-likeness (QED) is 0.507. The van der Waals surface area contributed by atoms with Gasteiger partial charge in [0.25, 0.3) is 11.6 Å². The van der Waals surface area contributed by atoms with E-state index >= 15 is 0 Å². The molecule has 0 saturated carbocycles. The van der Waals surface area contributed by atoms with Crippen LogP contribution in [-0.4, -0.2) is 63.2 Å². The van der Waals surface area contributed by atoms with Crippen LogP contribution in [0.15, 0.2) is 30.3 Å². The Bertz CT molecular complexity index is 935. The molecule has 1 amide bonds. The van der Waals surface area contributed by atoms with Crippen molar-refractivity contribution >= 4 is 28.9 Å². The molecule has 2 aromatic rings. The first-order valence-electron chi connectivity index (χ1n) is 9.17. The lowest BCUT2D eigenvalue weighted by atomic mass is 10.1. The number of nitro groups is 1. The molecule has 0 N–H and O–H groups in total. The Labute approximate surface area is 178 Å². The van der Waals surface area contributed by atoms with Crippen LogP contribution in [0.1, 0.15) is 10.4 Å². The molecule has 9 nitrogen and oxygen atoms in total. The van der Waals surface area contributed by atoms with Gasteiger partial charge in [0.05, 0.1) is 37.0 Å². The molecular formula is C20H22ClN3O6. The first-order chi connectivity index (χ1) is 14.4. The molecule has 1 saturated heterocycles. The topological polar surface area (TPSA) is 94.4 Å². The van der Waals surface area contributed by atoms with Crippen LogP contribution in [0.4, 0.5) is 11.4 Å². The Balaban J connectivity index is 1.74. The number of hydrogen-bond acceptors (Lipinski definition) is 7. The summed E-state index contributed by atoms with van der Waals surface area (Å²) < 4.78 is 15.9. The summed E-state index contributed by atoms with van der Waals surface area (Å²) in [6.45, 7) is 2.05. The molecule has 1 heterocycles. The van der Waals surface area contributed by atoms with Crippen molar-refractivity contribution in [1.29, 1.82) is 0 Å². The molecule has 3 rings (SSSR count). The molecule has 0 aromatic heterocycles. The lowest BCUT2D eigenvalue weighted by Gasteiger charge is -2.36. The average Bonchev–Trinajstić information content (AvgIpc) is 2.77. The summed E-state index contributed by atoms with van der Waals surface area (Å²) >= 11 is 6.23. The fourth-order valence-electron chi connectivity index (χ4n) is 3.40. The predicted octanol–water partition coefficient (Wildman–Crippen LogP) is 3.24. The molecule has 0 atom stereocenters. The number of nitro benzene ring substituents is 1. The highest BCUT2D eigenvalue weighted by Crippen LogP contribution is 2.38. The summed E-state index contributed by atoms with van der Waals surface area (Å²) in [5.74, 6) is 1.10. The molecule has 160 valence electrons. The Hall–Kier alpha value is -3.20. The second-order valence-corrected chi connectivity index (χ2v) is 6.99. The second kappa shape index (κ2) is 9.08. The predicted molar refractivity (Wildman–Crippen MR) is 112 cm³/mol. The number of ether oxygens (including phenoxy) is 3. The van der Waals surface area contributed by atoms with Gasteiger partial charge in [-0.15, -0.1) is 0 Å². The van der Waals surface area contributed by atoms with Gasteiger partial charge in [0.2, 0.25) is 5.75 Å². The van der Waals surface area contributed by atoms with Crippen molar-refractivity contribution in [3.05, 3.63) is 51.0 Å².